The predicted octanol–water partition coefficient (Wildman–Crippen LogP) is 5.45. The lowest BCUT2D eigenvalue weighted by Crippen LogP contribution is -2.53. The number of halogens is 1. The molecule has 0 saturated carbocycles. The van der Waals surface area contributed by atoms with Crippen LogP contribution in [0.4, 0.5) is 20.6 Å². The van der Waals surface area contributed by atoms with Crippen LogP contribution in [0, 0.1) is 12.7 Å². The fourth-order valence-electron chi connectivity index (χ4n) is 3.42. The van der Waals surface area contributed by atoms with E-state index in [-0.39, 0.29) is 33.3 Å². The van der Waals surface area contributed by atoms with Crippen molar-refractivity contribution >= 4 is 33.4 Å². The Hall–Kier alpha value is -4.06. The normalized spacial score (nSPS) is 12.0. The number of carbonyl (C=O) groups excluding carboxylic acids is 2. The van der Waals surface area contributed by atoms with Crippen molar-refractivity contribution in [3.8, 4) is 17.1 Å². The lowest BCUT2D eigenvalue weighted by atomic mass is 10.0. The summed E-state index contributed by atoms with van der Waals surface area (Å²) in [6.45, 7) is 9.76. The molecule has 0 unspecified atom stereocenters. The van der Waals surface area contributed by atoms with Gasteiger partial charge in [0.05, 0.1) is 28.9 Å². The Morgan fingerprint density at radius 1 is 0.974 bits per heavy atom. The van der Waals surface area contributed by atoms with E-state index in [0.29, 0.717) is 5.76 Å². The Morgan fingerprint density at radius 3 is 2.23 bits per heavy atom. The second-order valence-electron chi connectivity index (χ2n) is 10.3. The second-order valence-corrected chi connectivity index (χ2v) is 12.0. The Kier molecular flexibility index (Phi) is 8.30. The summed E-state index contributed by atoms with van der Waals surface area (Å²) < 4.78 is 59.1. The molecule has 1 heterocycles. The number of benzene rings is 2. The van der Waals surface area contributed by atoms with Crippen molar-refractivity contribution in [2.24, 2.45) is 0 Å². The van der Waals surface area contributed by atoms with Crippen LogP contribution in [0.3, 0.4) is 0 Å². The summed E-state index contributed by atoms with van der Waals surface area (Å²) in [5, 5.41) is 5.13. The first-order valence-corrected chi connectivity index (χ1v) is 13.4. The van der Waals surface area contributed by atoms with E-state index in [1.54, 1.807) is 39.8 Å². The highest BCUT2D eigenvalue weighted by Crippen LogP contribution is 2.31. The molecule has 0 aliphatic carbocycles. The average molecular weight is 562 g/mol. The van der Waals surface area contributed by atoms with Crippen molar-refractivity contribution in [2.45, 2.75) is 57.6 Å². The highest BCUT2D eigenvalue weighted by atomic mass is 32.2. The van der Waals surface area contributed by atoms with Gasteiger partial charge in [-0.1, -0.05) is 0 Å². The maximum Gasteiger partial charge on any atom is 0.408 e. The summed E-state index contributed by atoms with van der Waals surface area (Å²) in [6, 6.07) is 11.0. The zero-order valence-corrected chi connectivity index (χ0v) is 23.6. The number of furan rings is 1. The number of aryl methyl sites for hydroxylation is 1. The Bertz CT molecular complexity index is 1490. The Morgan fingerprint density at radius 2 is 1.67 bits per heavy atom. The highest BCUT2D eigenvalue weighted by Gasteiger charge is 2.32. The van der Waals surface area contributed by atoms with Gasteiger partial charge in [-0.25, -0.2) is 17.6 Å². The van der Waals surface area contributed by atoms with Crippen LogP contribution in [0.5, 0.6) is 5.75 Å². The molecule has 39 heavy (non-hydrogen) atoms. The molecule has 3 aromatic rings. The summed E-state index contributed by atoms with van der Waals surface area (Å²) in [5.41, 5.74) is -1.81. The molecule has 0 atom stereocenters. The summed E-state index contributed by atoms with van der Waals surface area (Å²) in [6.07, 6.45) is -0.781. The standard InChI is InChI=1S/C27H32FN3O7S/c1-16-8-12-22(37-16)19-11-10-18(15-20(19)28)39(34,35)31-17-9-13-23(36-7)21(14-17)29-24(32)27(5,6)30-25(33)38-26(2,3)4/h8-15,31H,1-7H3,(H,29,32)(H,30,33). The summed E-state index contributed by atoms with van der Waals surface area (Å²) in [4.78, 5) is 24.9. The van der Waals surface area contributed by atoms with E-state index >= 15 is 0 Å². The molecule has 12 heteroatoms. The maximum absolute atomic E-state index is 14.8. The Balaban J connectivity index is 1.81. The van der Waals surface area contributed by atoms with E-state index in [9.17, 15) is 22.4 Å². The van der Waals surface area contributed by atoms with Crippen LogP contribution in [0.2, 0.25) is 0 Å². The zero-order valence-electron chi connectivity index (χ0n) is 22.8. The fourth-order valence-corrected chi connectivity index (χ4v) is 4.48. The second kappa shape index (κ2) is 11.0. The molecule has 2 aromatic carbocycles. The quantitative estimate of drug-likeness (QED) is 0.333. The molecule has 3 rings (SSSR count). The van der Waals surface area contributed by atoms with Gasteiger partial charge in [0.1, 0.15) is 34.2 Å². The summed E-state index contributed by atoms with van der Waals surface area (Å²) in [7, 11) is -2.83. The van der Waals surface area contributed by atoms with Crippen molar-refractivity contribution in [3.05, 3.63) is 60.1 Å². The molecular formula is C27H32FN3O7S. The van der Waals surface area contributed by atoms with Crippen LogP contribution < -0.4 is 20.1 Å². The molecule has 0 bridgehead atoms. The van der Waals surface area contributed by atoms with Crippen LogP contribution in [-0.4, -0.2) is 38.7 Å². The Labute approximate surface area is 226 Å². The highest BCUT2D eigenvalue weighted by molar-refractivity contribution is 7.92. The smallest absolute Gasteiger partial charge is 0.408 e. The van der Waals surface area contributed by atoms with Crippen LogP contribution in [-0.2, 0) is 19.6 Å². The van der Waals surface area contributed by atoms with Crippen LogP contribution in [0.25, 0.3) is 11.3 Å². The fraction of sp³-hybridized carbons (Fsp3) is 0.333. The van der Waals surface area contributed by atoms with Gasteiger partial charge in [0.15, 0.2) is 0 Å². The molecule has 0 saturated heterocycles. The molecule has 1 aromatic heterocycles. The molecule has 2 amide bonds. The third-order valence-corrected chi connectivity index (χ3v) is 6.72. The third-order valence-electron chi connectivity index (χ3n) is 5.34. The van der Waals surface area contributed by atoms with Gasteiger partial charge in [-0.05, 0) is 90.1 Å². The topological polar surface area (TPSA) is 136 Å². The minimum atomic E-state index is -4.20. The predicted molar refractivity (Wildman–Crippen MR) is 145 cm³/mol. The van der Waals surface area contributed by atoms with Crippen LogP contribution in [0.1, 0.15) is 40.4 Å². The average Bonchev–Trinajstić information content (AvgIpc) is 3.23. The van der Waals surface area contributed by atoms with Gasteiger partial charge in [-0.3, -0.25) is 9.52 Å². The lowest BCUT2D eigenvalue weighted by Gasteiger charge is -2.28. The molecule has 0 radical (unpaired) electrons. The largest absolute Gasteiger partial charge is 0.495 e. The number of hydrogen-bond donors (Lipinski definition) is 3. The van der Waals surface area contributed by atoms with Gasteiger partial charge in [-0.15, -0.1) is 0 Å². The van der Waals surface area contributed by atoms with E-state index in [0.717, 1.165) is 6.07 Å². The first-order chi connectivity index (χ1) is 18.0. The number of methoxy groups -OCH3 is 1. The van der Waals surface area contributed by atoms with E-state index in [4.69, 9.17) is 13.9 Å². The van der Waals surface area contributed by atoms with Gasteiger partial charge in [0.25, 0.3) is 10.0 Å². The van der Waals surface area contributed by atoms with Gasteiger partial charge < -0.3 is 24.5 Å². The van der Waals surface area contributed by atoms with Gasteiger partial charge in [0.2, 0.25) is 5.91 Å². The van der Waals surface area contributed by atoms with Crippen molar-refractivity contribution in [1.82, 2.24) is 5.32 Å². The summed E-state index contributed by atoms with van der Waals surface area (Å²) >= 11 is 0. The monoisotopic (exact) mass is 561 g/mol. The number of ether oxygens (including phenoxy) is 2. The zero-order chi connectivity index (χ0) is 29.2. The molecule has 210 valence electrons. The number of anilines is 2. The van der Waals surface area contributed by atoms with E-state index in [1.165, 1.54) is 51.3 Å². The van der Waals surface area contributed by atoms with Crippen LogP contribution >= 0.6 is 0 Å². The van der Waals surface area contributed by atoms with Gasteiger partial charge >= 0.3 is 6.09 Å². The van der Waals surface area contributed by atoms with E-state index < -0.39 is 39.0 Å². The number of hydrogen-bond acceptors (Lipinski definition) is 7. The molecule has 0 aliphatic heterocycles. The number of alkyl carbamates (subject to hydrolysis) is 1. The van der Waals surface area contributed by atoms with Crippen molar-refractivity contribution in [3.63, 3.8) is 0 Å². The number of sulfonamides is 1. The maximum atomic E-state index is 14.8. The number of amides is 2. The molecule has 0 fully saturated rings. The van der Waals surface area contributed by atoms with Gasteiger partial charge in [0, 0.05) is 0 Å². The van der Waals surface area contributed by atoms with Crippen molar-refractivity contribution < 1.29 is 36.3 Å². The molecule has 0 aliphatic rings. The molecule has 10 nitrogen and oxygen atoms in total. The first kappa shape index (κ1) is 29.5. The molecule has 0 spiro atoms. The minimum Gasteiger partial charge on any atom is -0.495 e. The number of nitrogens with one attached hydrogen (secondary N) is 3. The lowest BCUT2D eigenvalue weighted by molar-refractivity contribution is -0.121. The third kappa shape index (κ3) is 7.50. The van der Waals surface area contributed by atoms with E-state index in [1.807, 2.05) is 0 Å². The summed E-state index contributed by atoms with van der Waals surface area (Å²) in [5.74, 6) is -0.272. The molecule has 3 N–H and O–H groups in total. The number of carbonyl (C=O) groups is 2. The minimum absolute atomic E-state index is 0.0788. The van der Waals surface area contributed by atoms with Gasteiger partial charge in [-0.2, -0.15) is 0 Å². The van der Waals surface area contributed by atoms with E-state index in [2.05, 4.69) is 15.4 Å². The SMILES string of the molecule is COc1ccc(NS(=O)(=O)c2ccc(-c3ccc(C)o3)c(F)c2)cc1NC(=O)C(C)(C)NC(=O)OC(C)(C)C. The van der Waals surface area contributed by atoms with Crippen LogP contribution in [0.15, 0.2) is 57.8 Å². The molecular weight excluding hydrogens is 529 g/mol. The van der Waals surface area contributed by atoms with Crippen molar-refractivity contribution in [2.75, 3.05) is 17.1 Å². The first-order valence-electron chi connectivity index (χ1n) is 11.9. The number of rotatable bonds is 8. The van der Waals surface area contributed by atoms with Crippen molar-refractivity contribution in [1.29, 1.82) is 0 Å².